The Morgan fingerprint density at radius 3 is 2.86 bits per heavy atom. The van der Waals surface area contributed by atoms with Crippen molar-refractivity contribution in [2.75, 3.05) is 5.32 Å². The minimum absolute atomic E-state index is 0.00611. The van der Waals surface area contributed by atoms with E-state index in [1.165, 1.54) is 0 Å². The number of nitrogens with two attached hydrogens (primary N) is 1. The van der Waals surface area contributed by atoms with Crippen molar-refractivity contribution in [3.8, 4) is 0 Å². The van der Waals surface area contributed by atoms with E-state index in [-0.39, 0.29) is 11.4 Å². The summed E-state index contributed by atoms with van der Waals surface area (Å²) in [7, 11) is 0. The highest BCUT2D eigenvalue weighted by atomic mass is 16.1. The van der Waals surface area contributed by atoms with Crippen molar-refractivity contribution in [2.45, 2.75) is 44.6 Å². The lowest BCUT2D eigenvalue weighted by Gasteiger charge is -2.22. The molecule has 1 fully saturated rings. The number of nitrogens with one attached hydrogen (secondary N) is 1. The molecule has 3 rings (SSSR count). The molecule has 4 nitrogen and oxygen atoms in total. The first kappa shape index (κ1) is 14.0. The molecule has 3 N–H and O–H groups in total. The lowest BCUT2D eigenvalue weighted by molar-refractivity contribution is -0.117. The fourth-order valence-corrected chi connectivity index (χ4v) is 3.19. The van der Waals surface area contributed by atoms with Crippen molar-refractivity contribution >= 4 is 22.5 Å². The first-order valence-corrected chi connectivity index (χ1v) is 7.50. The maximum atomic E-state index is 12.3. The second-order valence-corrected chi connectivity index (χ2v) is 6.12. The Morgan fingerprint density at radius 2 is 2.10 bits per heavy atom. The summed E-state index contributed by atoms with van der Waals surface area (Å²) in [6.45, 7) is 2.02. The molecule has 1 aliphatic carbocycles. The number of rotatable bonds is 3. The summed E-state index contributed by atoms with van der Waals surface area (Å²) in [5.41, 5.74) is 8.81. The Labute approximate surface area is 124 Å². The third kappa shape index (κ3) is 2.90. The van der Waals surface area contributed by atoms with Crippen LogP contribution in [0, 0.1) is 6.92 Å². The van der Waals surface area contributed by atoms with Crippen LogP contribution < -0.4 is 11.1 Å². The third-order valence-electron chi connectivity index (χ3n) is 4.36. The Morgan fingerprint density at radius 1 is 1.33 bits per heavy atom. The largest absolute Gasteiger partial charge is 0.325 e. The lowest BCUT2D eigenvalue weighted by atomic mass is 9.94. The van der Waals surface area contributed by atoms with Crippen molar-refractivity contribution < 1.29 is 4.79 Å². The van der Waals surface area contributed by atoms with Gasteiger partial charge in [-0.1, -0.05) is 18.9 Å². The van der Waals surface area contributed by atoms with E-state index >= 15 is 0 Å². The first-order chi connectivity index (χ1) is 10.1. The predicted octanol–water partition coefficient (Wildman–Crippen LogP) is 3.14. The van der Waals surface area contributed by atoms with E-state index in [0.717, 1.165) is 47.8 Å². The molecule has 1 aliphatic rings. The molecule has 0 spiro atoms. The molecule has 4 heteroatoms. The summed E-state index contributed by atoms with van der Waals surface area (Å²) in [5, 5.41) is 3.98. The zero-order valence-corrected chi connectivity index (χ0v) is 12.4. The smallest absolute Gasteiger partial charge is 0.226 e. The van der Waals surface area contributed by atoms with Crippen LogP contribution in [-0.4, -0.2) is 16.4 Å². The summed E-state index contributed by atoms with van der Waals surface area (Å²) < 4.78 is 0. The van der Waals surface area contributed by atoms with Crippen molar-refractivity contribution in [1.29, 1.82) is 0 Å². The summed E-state index contributed by atoms with van der Waals surface area (Å²) in [5.74, 6) is -0.00611. The number of fused-ring (bicyclic) bond motifs is 1. The minimum atomic E-state index is -0.317. The van der Waals surface area contributed by atoms with Gasteiger partial charge in [0, 0.05) is 23.5 Å². The van der Waals surface area contributed by atoms with Crippen LogP contribution in [0.15, 0.2) is 30.5 Å². The number of carbonyl (C=O) groups is 1. The van der Waals surface area contributed by atoms with Gasteiger partial charge in [-0.15, -0.1) is 0 Å². The number of amides is 1. The van der Waals surface area contributed by atoms with E-state index in [4.69, 9.17) is 5.73 Å². The van der Waals surface area contributed by atoms with E-state index in [0.29, 0.717) is 6.42 Å². The van der Waals surface area contributed by atoms with Crippen molar-refractivity contribution in [3.63, 3.8) is 0 Å². The van der Waals surface area contributed by atoms with Gasteiger partial charge in [0.05, 0.1) is 11.2 Å². The van der Waals surface area contributed by atoms with Crippen molar-refractivity contribution in [2.24, 2.45) is 5.73 Å². The average molecular weight is 283 g/mol. The Hall–Kier alpha value is -1.94. The number of anilines is 1. The highest BCUT2D eigenvalue weighted by Crippen LogP contribution is 2.31. The van der Waals surface area contributed by atoms with E-state index in [1.807, 2.05) is 31.2 Å². The van der Waals surface area contributed by atoms with Crippen LogP contribution in [0.5, 0.6) is 0 Å². The first-order valence-electron chi connectivity index (χ1n) is 7.50. The molecule has 1 aromatic carbocycles. The van der Waals surface area contributed by atoms with Gasteiger partial charge in [0.15, 0.2) is 0 Å². The predicted molar refractivity (Wildman–Crippen MR) is 85.1 cm³/mol. The number of aromatic nitrogens is 1. The number of hydrogen-bond acceptors (Lipinski definition) is 3. The topological polar surface area (TPSA) is 68.0 Å². The molecule has 1 amide bonds. The molecule has 1 heterocycles. The van der Waals surface area contributed by atoms with Crippen LogP contribution in [-0.2, 0) is 4.79 Å². The van der Waals surface area contributed by atoms with Crippen molar-refractivity contribution in [3.05, 3.63) is 36.0 Å². The summed E-state index contributed by atoms with van der Waals surface area (Å²) in [6.07, 6.45) is 6.30. The van der Waals surface area contributed by atoms with E-state index in [1.54, 1.807) is 6.20 Å². The minimum Gasteiger partial charge on any atom is -0.325 e. The van der Waals surface area contributed by atoms with Gasteiger partial charge >= 0.3 is 0 Å². The zero-order valence-electron chi connectivity index (χ0n) is 12.4. The maximum Gasteiger partial charge on any atom is 0.226 e. The molecule has 0 unspecified atom stereocenters. The fraction of sp³-hybridized carbons (Fsp3) is 0.412. The van der Waals surface area contributed by atoms with Gasteiger partial charge in [-0.3, -0.25) is 9.78 Å². The maximum absolute atomic E-state index is 12.3. The molecule has 2 aromatic rings. The second-order valence-electron chi connectivity index (χ2n) is 6.12. The van der Waals surface area contributed by atoms with Crippen LogP contribution in [0.2, 0.25) is 0 Å². The van der Waals surface area contributed by atoms with Crippen LogP contribution in [0.25, 0.3) is 10.9 Å². The van der Waals surface area contributed by atoms with Crippen LogP contribution >= 0.6 is 0 Å². The number of carbonyl (C=O) groups excluding carboxylic acids is 1. The molecule has 0 saturated heterocycles. The van der Waals surface area contributed by atoms with Crippen LogP contribution in [0.4, 0.5) is 5.69 Å². The second kappa shape index (κ2) is 5.45. The van der Waals surface area contributed by atoms with Crippen molar-refractivity contribution in [1.82, 2.24) is 4.98 Å². The molecular weight excluding hydrogens is 262 g/mol. The van der Waals surface area contributed by atoms with Gasteiger partial charge in [-0.2, -0.15) is 0 Å². The van der Waals surface area contributed by atoms with E-state index in [2.05, 4.69) is 10.3 Å². The highest BCUT2D eigenvalue weighted by Gasteiger charge is 2.31. The number of aryl methyl sites for hydroxylation is 1. The molecule has 1 saturated carbocycles. The van der Waals surface area contributed by atoms with Gasteiger partial charge in [0.2, 0.25) is 5.91 Å². The van der Waals surface area contributed by atoms with Gasteiger partial charge in [-0.25, -0.2) is 0 Å². The monoisotopic (exact) mass is 283 g/mol. The number of benzene rings is 1. The van der Waals surface area contributed by atoms with Gasteiger partial charge in [0.1, 0.15) is 0 Å². The summed E-state index contributed by atoms with van der Waals surface area (Å²) >= 11 is 0. The standard InChI is InChI=1S/C17H21N3O/c1-12-6-7-14(13-5-4-10-19-16(12)13)20-15(21)11-17(18)8-2-3-9-17/h4-7,10H,2-3,8-9,11,18H2,1H3,(H,20,21). The van der Waals surface area contributed by atoms with Gasteiger partial charge in [-0.05, 0) is 43.5 Å². The van der Waals surface area contributed by atoms with Gasteiger partial charge in [0.25, 0.3) is 0 Å². The molecule has 21 heavy (non-hydrogen) atoms. The molecule has 0 radical (unpaired) electrons. The Bertz CT molecular complexity index is 675. The SMILES string of the molecule is Cc1ccc(NC(=O)CC2(N)CCCC2)c2cccnc12. The molecule has 1 aromatic heterocycles. The number of nitrogens with zero attached hydrogens (tertiary/aromatic N) is 1. The molecule has 110 valence electrons. The fourth-order valence-electron chi connectivity index (χ4n) is 3.19. The summed E-state index contributed by atoms with van der Waals surface area (Å²) in [4.78, 5) is 16.7. The number of pyridine rings is 1. The molecule has 0 bridgehead atoms. The normalized spacial score (nSPS) is 17.0. The summed E-state index contributed by atoms with van der Waals surface area (Å²) in [6, 6.07) is 7.80. The third-order valence-corrected chi connectivity index (χ3v) is 4.36. The lowest BCUT2D eigenvalue weighted by Crippen LogP contribution is -2.40. The average Bonchev–Trinajstić information content (AvgIpc) is 2.88. The molecular formula is C17H21N3O. The molecule has 0 atom stereocenters. The van der Waals surface area contributed by atoms with E-state index in [9.17, 15) is 4.79 Å². The van der Waals surface area contributed by atoms with Crippen LogP contribution in [0.3, 0.4) is 0 Å². The van der Waals surface area contributed by atoms with Crippen LogP contribution in [0.1, 0.15) is 37.7 Å². The Kier molecular flexibility index (Phi) is 3.64. The number of hydrogen-bond donors (Lipinski definition) is 2. The Balaban J connectivity index is 1.82. The highest BCUT2D eigenvalue weighted by molar-refractivity contribution is 6.02. The van der Waals surface area contributed by atoms with Gasteiger partial charge < -0.3 is 11.1 Å². The zero-order chi connectivity index (χ0) is 14.9. The quantitative estimate of drug-likeness (QED) is 0.909. The van der Waals surface area contributed by atoms with E-state index < -0.39 is 0 Å². The molecule has 0 aliphatic heterocycles.